The van der Waals surface area contributed by atoms with Gasteiger partial charge in [-0.25, -0.2) is 0 Å². The molecule has 0 radical (unpaired) electrons. The molecule has 0 amide bonds. The summed E-state index contributed by atoms with van der Waals surface area (Å²) in [6.45, 7) is 0.938. The summed E-state index contributed by atoms with van der Waals surface area (Å²) in [7, 11) is 5.66. The SMILES string of the molecule is CNc1nc(NCC2CCSC2)nc(N(C)C)n1. The molecule has 2 N–H and O–H groups in total. The van der Waals surface area contributed by atoms with Crippen LogP contribution >= 0.6 is 11.8 Å². The highest BCUT2D eigenvalue weighted by Gasteiger charge is 2.16. The fourth-order valence-electron chi connectivity index (χ4n) is 1.74. The molecular formula is C11H20N6S. The van der Waals surface area contributed by atoms with E-state index in [1.54, 1.807) is 0 Å². The first-order chi connectivity index (χ1) is 8.69. The molecule has 1 aromatic rings. The lowest BCUT2D eigenvalue weighted by Crippen LogP contribution is -2.19. The van der Waals surface area contributed by atoms with Gasteiger partial charge in [-0.1, -0.05) is 0 Å². The lowest BCUT2D eigenvalue weighted by molar-refractivity contribution is 0.628. The van der Waals surface area contributed by atoms with Crippen LogP contribution in [0.3, 0.4) is 0 Å². The molecule has 2 heterocycles. The Morgan fingerprint density at radius 3 is 2.67 bits per heavy atom. The predicted molar refractivity (Wildman–Crippen MR) is 77.6 cm³/mol. The van der Waals surface area contributed by atoms with Crippen molar-refractivity contribution >= 4 is 29.6 Å². The van der Waals surface area contributed by atoms with Gasteiger partial charge in [-0.05, 0) is 23.8 Å². The fourth-order valence-corrected chi connectivity index (χ4v) is 3.02. The molecule has 0 saturated carbocycles. The Labute approximate surface area is 112 Å². The van der Waals surface area contributed by atoms with Gasteiger partial charge in [0.2, 0.25) is 17.8 Å². The molecule has 1 aromatic heterocycles. The van der Waals surface area contributed by atoms with E-state index in [2.05, 4.69) is 25.6 Å². The van der Waals surface area contributed by atoms with Gasteiger partial charge in [-0.2, -0.15) is 26.7 Å². The van der Waals surface area contributed by atoms with E-state index >= 15 is 0 Å². The van der Waals surface area contributed by atoms with Crippen molar-refractivity contribution in [2.45, 2.75) is 6.42 Å². The van der Waals surface area contributed by atoms with Crippen LogP contribution in [0.15, 0.2) is 0 Å². The Balaban J connectivity index is 2.03. The summed E-state index contributed by atoms with van der Waals surface area (Å²) in [5.74, 6) is 5.14. The Morgan fingerprint density at radius 1 is 1.28 bits per heavy atom. The molecule has 1 fully saturated rings. The highest BCUT2D eigenvalue weighted by atomic mass is 32.2. The van der Waals surface area contributed by atoms with Gasteiger partial charge in [0, 0.05) is 27.7 Å². The van der Waals surface area contributed by atoms with Crippen molar-refractivity contribution in [1.29, 1.82) is 0 Å². The van der Waals surface area contributed by atoms with Crippen LogP contribution < -0.4 is 15.5 Å². The third kappa shape index (κ3) is 3.38. The van der Waals surface area contributed by atoms with Gasteiger partial charge in [0.25, 0.3) is 0 Å². The largest absolute Gasteiger partial charge is 0.357 e. The monoisotopic (exact) mass is 268 g/mol. The number of rotatable bonds is 5. The average Bonchev–Trinajstić information content (AvgIpc) is 2.89. The van der Waals surface area contributed by atoms with Crippen LogP contribution in [0.25, 0.3) is 0 Å². The maximum Gasteiger partial charge on any atom is 0.231 e. The standard InChI is InChI=1S/C11H20N6S/c1-12-9-14-10(16-11(15-9)17(2)3)13-6-8-4-5-18-7-8/h8H,4-7H2,1-3H3,(H2,12,13,14,15,16). The number of nitrogens with one attached hydrogen (secondary N) is 2. The molecule has 1 aliphatic rings. The van der Waals surface area contributed by atoms with Crippen molar-refractivity contribution in [2.24, 2.45) is 5.92 Å². The van der Waals surface area contributed by atoms with E-state index < -0.39 is 0 Å². The molecular weight excluding hydrogens is 248 g/mol. The number of aromatic nitrogens is 3. The first kappa shape index (κ1) is 13.2. The van der Waals surface area contributed by atoms with Crippen LogP contribution in [0.5, 0.6) is 0 Å². The minimum absolute atomic E-state index is 0.594. The van der Waals surface area contributed by atoms with Crippen molar-refractivity contribution in [1.82, 2.24) is 15.0 Å². The number of hydrogen-bond acceptors (Lipinski definition) is 7. The molecule has 0 aromatic carbocycles. The predicted octanol–water partition coefficient (Wildman–Crippen LogP) is 1.14. The molecule has 18 heavy (non-hydrogen) atoms. The molecule has 1 aliphatic heterocycles. The molecule has 0 aliphatic carbocycles. The first-order valence-corrected chi connectivity index (χ1v) is 7.27. The third-order valence-electron chi connectivity index (χ3n) is 2.82. The van der Waals surface area contributed by atoms with E-state index in [1.807, 2.05) is 37.8 Å². The van der Waals surface area contributed by atoms with E-state index in [0.717, 1.165) is 12.5 Å². The Kier molecular flexibility index (Phi) is 4.46. The van der Waals surface area contributed by atoms with E-state index in [-0.39, 0.29) is 0 Å². The summed E-state index contributed by atoms with van der Waals surface area (Å²) in [4.78, 5) is 14.9. The first-order valence-electron chi connectivity index (χ1n) is 6.12. The van der Waals surface area contributed by atoms with Crippen molar-refractivity contribution < 1.29 is 0 Å². The second-order valence-corrected chi connectivity index (χ2v) is 5.69. The summed E-state index contributed by atoms with van der Waals surface area (Å²) in [6, 6.07) is 0. The smallest absolute Gasteiger partial charge is 0.231 e. The van der Waals surface area contributed by atoms with Crippen molar-refractivity contribution in [3.05, 3.63) is 0 Å². The lowest BCUT2D eigenvalue weighted by atomic mass is 10.1. The summed E-state index contributed by atoms with van der Waals surface area (Å²) in [6.07, 6.45) is 1.28. The van der Waals surface area contributed by atoms with Crippen molar-refractivity contribution in [3.63, 3.8) is 0 Å². The Morgan fingerprint density at radius 2 is 2.06 bits per heavy atom. The summed E-state index contributed by atoms with van der Waals surface area (Å²) >= 11 is 2.02. The number of anilines is 3. The van der Waals surface area contributed by atoms with E-state index in [1.165, 1.54) is 17.9 Å². The van der Waals surface area contributed by atoms with Gasteiger partial charge >= 0.3 is 0 Å². The second-order valence-electron chi connectivity index (χ2n) is 4.54. The molecule has 7 heteroatoms. The van der Waals surface area contributed by atoms with Gasteiger partial charge in [-0.3, -0.25) is 0 Å². The zero-order valence-electron chi connectivity index (χ0n) is 11.1. The van der Waals surface area contributed by atoms with Crippen LogP contribution in [-0.2, 0) is 0 Å². The number of nitrogens with zero attached hydrogens (tertiary/aromatic N) is 4. The maximum atomic E-state index is 4.39. The van der Waals surface area contributed by atoms with E-state index in [4.69, 9.17) is 0 Å². The van der Waals surface area contributed by atoms with E-state index in [0.29, 0.717) is 17.8 Å². The van der Waals surface area contributed by atoms with Gasteiger partial charge in [0.15, 0.2) is 0 Å². The van der Waals surface area contributed by atoms with Crippen molar-refractivity contribution in [3.8, 4) is 0 Å². The fraction of sp³-hybridized carbons (Fsp3) is 0.727. The topological polar surface area (TPSA) is 66.0 Å². The average molecular weight is 268 g/mol. The van der Waals surface area contributed by atoms with Crippen LogP contribution in [0.1, 0.15) is 6.42 Å². The molecule has 1 atom stereocenters. The highest BCUT2D eigenvalue weighted by Crippen LogP contribution is 2.23. The Bertz CT molecular complexity index is 391. The third-order valence-corrected chi connectivity index (χ3v) is 4.05. The second kappa shape index (κ2) is 6.08. The molecule has 6 nitrogen and oxygen atoms in total. The van der Waals surface area contributed by atoms with Crippen LogP contribution in [0.2, 0.25) is 0 Å². The van der Waals surface area contributed by atoms with Gasteiger partial charge in [0.05, 0.1) is 0 Å². The van der Waals surface area contributed by atoms with Gasteiger partial charge < -0.3 is 15.5 Å². The lowest BCUT2D eigenvalue weighted by Gasteiger charge is -2.14. The molecule has 1 saturated heterocycles. The van der Waals surface area contributed by atoms with Gasteiger partial charge in [0.1, 0.15) is 0 Å². The summed E-state index contributed by atoms with van der Waals surface area (Å²) in [5, 5.41) is 6.27. The highest BCUT2D eigenvalue weighted by molar-refractivity contribution is 7.99. The van der Waals surface area contributed by atoms with E-state index in [9.17, 15) is 0 Å². The Hall–Kier alpha value is -1.24. The van der Waals surface area contributed by atoms with Crippen LogP contribution in [-0.4, -0.2) is 54.1 Å². The molecule has 2 rings (SSSR count). The summed E-state index contributed by atoms with van der Waals surface area (Å²) < 4.78 is 0. The normalized spacial score (nSPS) is 18.7. The minimum Gasteiger partial charge on any atom is -0.357 e. The molecule has 0 spiro atoms. The molecule has 100 valence electrons. The zero-order valence-corrected chi connectivity index (χ0v) is 11.9. The zero-order chi connectivity index (χ0) is 13.0. The molecule has 0 bridgehead atoms. The van der Waals surface area contributed by atoms with Crippen LogP contribution in [0, 0.1) is 5.92 Å². The van der Waals surface area contributed by atoms with Crippen LogP contribution in [0.4, 0.5) is 17.8 Å². The number of hydrogen-bond donors (Lipinski definition) is 2. The quantitative estimate of drug-likeness (QED) is 0.830. The maximum absolute atomic E-state index is 4.39. The minimum atomic E-state index is 0.594. The number of thioether (sulfide) groups is 1. The summed E-state index contributed by atoms with van der Waals surface area (Å²) in [5.41, 5.74) is 0. The van der Waals surface area contributed by atoms with Gasteiger partial charge in [-0.15, -0.1) is 0 Å². The molecule has 1 unspecified atom stereocenters. The van der Waals surface area contributed by atoms with Crippen molar-refractivity contribution in [2.75, 3.05) is 54.7 Å².